The second-order valence-electron chi connectivity index (χ2n) is 2.60. The summed E-state index contributed by atoms with van der Waals surface area (Å²) < 4.78 is 5.33. The highest BCUT2D eigenvalue weighted by Gasteiger charge is 2.12. The normalized spacial score (nSPS) is 14.8. The van der Waals surface area contributed by atoms with Gasteiger partial charge in [-0.25, -0.2) is 4.79 Å². The van der Waals surface area contributed by atoms with Crippen LogP contribution in [0.1, 0.15) is 19.8 Å². The minimum atomic E-state index is -0.709. The zero-order valence-corrected chi connectivity index (χ0v) is 9.28. The lowest BCUT2D eigenvalue weighted by molar-refractivity contribution is 0.104. The van der Waals surface area contributed by atoms with Crippen LogP contribution in [-0.2, 0) is 4.74 Å². The van der Waals surface area contributed by atoms with E-state index in [2.05, 4.69) is 36.1 Å². The van der Waals surface area contributed by atoms with Crippen LogP contribution in [0.3, 0.4) is 0 Å². The van der Waals surface area contributed by atoms with E-state index in [0.717, 1.165) is 6.42 Å². The summed E-state index contributed by atoms with van der Waals surface area (Å²) in [5.41, 5.74) is 4.90. The summed E-state index contributed by atoms with van der Waals surface area (Å²) in [6.07, 6.45) is 2.38. The smallest absolute Gasteiger partial charge is 0.404 e. The Morgan fingerprint density at radius 3 is 2.75 bits per heavy atom. The highest BCUT2D eigenvalue weighted by Crippen LogP contribution is 2.13. The molecule has 0 aromatic rings. The molecule has 0 fully saturated rings. The fourth-order valence-corrected chi connectivity index (χ4v) is 1.47. The van der Waals surface area contributed by atoms with Gasteiger partial charge in [0.15, 0.2) is 0 Å². The highest BCUT2D eigenvalue weighted by atomic mass is 127. The van der Waals surface area contributed by atoms with Crippen molar-refractivity contribution in [1.82, 2.24) is 0 Å². The third-order valence-electron chi connectivity index (χ3n) is 1.30. The zero-order chi connectivity index (χ0) is 9.56. The summed E-state index contributed by atoms with van der Waals surface area (Å²) in [6, 6.07) is 0. The Labute approximate surface area is 86.5 Å². The zero-order valence-electron chi connectivity index (χ0n) is 7.13. The van der Waals surface area contributed by atoms with Crippen molar-refractivity contribution in [1.29, 1.82) is 0 Å². The molecule has 12 heavy (non-hydrogen) atoms. The molecular weight excluding hydrogens is 269 g/mol. The molecule has 0 aliphatic carbocycles. The monoisotopic (exact) mass is 283 g/mol. The van der Waals surface area contributed by atoms with Crippen LogP contribution in [-0.4, -0.2) is 16.1 Å². The van der Waals surface area contributed by atoms with E-state index in [1.807, 2.05) is 0 Å². The first-order valence-electron chi connectivity index (χ1n) is 3.77. The van der Waals surface area contributed by atoms with Crippen LogP contribution in [0.25, 0.3) is 0 Å². The first-order chi connectivity index (χ1) is 5.56. The van der Waals surface area contributed by atoms with Crippen LogP contribution in [0, 0.1) is 0 Å². The number of carbonyl (C=O) groups is 1. The molecule has 0 rings (SSSR count). The van der Waals surface area contributed by atoms with Crippen LogP contribution < -0.4 is 5.73 Å². The number of alkyl halides is 1. The van der Waals surface area contributed by atoms with Crippen molar-refractivity contribution in [3.63, 3.8) is 0 Å². The lowest BCUT2D eigenvalue weighted by Gasteiger charge is -2.15. The van der Waals surface area contributed by atoms with Gasteiger partial charge in [-0.05, 0) is 6.42 Å². The average Bonchev–Trinajstić information content (AvgIpc) is 1.84. The van der Waals surface area contributed by atoms with Gasteiger partial charge in [0.1, 0.15) is 6.10 Å². The number of nitrogens with two attached hydrogens (primary N) is 1. The fourth-order valence-electron chi connectivity index (χ4n) is 0.905. The van der Waals surface area contributed by atoms with E-state index in [9.17, 15) is 4.79 Å². The van der Waals surface area contributed by atoms with Gasteiger partial charge in [0.25, 0.3) is 0 Å². The Balaban J connectivity index is 3.85. The maximum absolute atomic E-state index is 10.4. The summed E-state index contributed by atoms with van der Waals surface area (Å²) in [7, 11) is 0. The molecule has 0 aromatic heterocycles. The van der Waals surface area contributed by atoms with E-state index in [1.165, 1.54) is 0 Å². The van der Waals surface area contributed by atoms with Crippen molar-refractivity contribution in [2.24, 2.45) is 5.73 Å². The molecule has 70 valence electrons. The van der Waals surface area contributed by atoms with E-state index in [-0.39, 0.29) is 6.10 Å². The molecule has 2 N–H and O–H groups in total. The van der Waals surface area contributed by atoms with Crippen molar-refractivity contribution in [3.8, 4) is 0 Å². The SMILES string of the molecule is C=CCC(CC(C)I)OC(N)=O. The molecule has 0 radical (unpaired) electrons. The Hall–Kier alpha value is -0.260. The fraction of sp³-hybridized carbons (Fsp3) is 0.625. The summed E-state index contributed by atoms with van der Waals surface area (Å²) in [5.74, 6) is 0. The van der Waals surface area contributed by atoms with Gasteiger partial charge in [0.2, 0.25) is 0 Å². The van der Waals surface area contributed by atoms with Gasteiger partial charge in [-0.3, -0.25) is 0 Å². The number of amides is 1. The topological polar surface area (TPSA) is 52.3 Å². The number of primary amides is 1. The predicted molar refractivity (Wildman–Crippen MR) is 57.4 cm³/mol. The quantitative estimate of drug-likeness (QED) is 0.478. The Morgan fingerprint density at radius 1 is 1.83 bits per heavy atom. The second kappa shape index (κ2) is 6.28. The highest BCUT2D eigenvalue weighted by molar-refractivity contribution is 14.1. The van der Waals surface area contributed by atoms with Crippen LogP contribution >= 0.6 is 22.6 Å². The third-order valence-corrected chi connectivity index (χ3v) is 1.81. The molecule has 0 aliphatic rings. The van der Waals surface area contributed by atoms with Crippen LogP contribution in [0.4, 0.5) is 4.79 Å². The summed E-state index contributed by atoms with van der Waals surface area (Å²) in [5, 5.41) is 0. The Morgan fingerprint density at radius 2 is 2.42 bits per heavy atom. The maximum atomic E-state index is 10.4. The van der Waals surface area contributed by atoms with Crippen LogP contribution in [0.5, 0.6) is 0 Å². The molecule has 1 amide bonds. The lowest BCUT2D eigenvalue weighted by Crippen LogP contribution is -2.24. The number of hydrogen-bond acceptors (Lipinski definition) is 2. The number of halogens is 1. The van der Waals surface area contributed by atoms with Gasteiger partial charge < -0.3 is 10.5 Å². The van der Waals surface area contributed by atoms with Crippen molar-refractivity contribution < 1.29 is 9.53 Å². The number of rotatable bonds is 5. The lowest BCUT2D eigenvalue weighted by atomic mass is 10.1. The third kappa shape index (κ3) is 6.45. The first-order valence-corrected chi connectivity index (χ1v) is 5.02. The molecule has 0 saturated carbocycles. The average molecular weight is 283 g/mol. The van der Waals surface area contributed by atoms with Crippen molar-refractivity contribution in [2.75, 3.05) is 0 Å². The van der Waals surface area contributed by atoms with Gasteiger partial charge in [0.05, 0.1) is 0 Å². The van der Waals surface area contributed by atoms with E-state index in [4.69, 9.17) is 10.5 Å². The first kappa shape index (κ1) is 11.7. The van der Waals surface area contributed by atoms with E-state index >= 15 is 0 Å². The molecule has 3 nitrogen and oxygen atoms in total. The molecule has 0 saturated heterocycles. The number of carbonyl (C=O) groups excluding carboxylic acids is 1. The van der Waals surface area contributed by atoms with Gasteiger partial charge in [-0.1, -0.05) is 35.6 Å². The standard InChI is InChI=1S/C8H14INO2/c1-3-4-7(5-6(2)9)12-8(10)11/h3,6-7H,1,4-5H2,2H3,(H2,10,11). The van der Waals surface area contributed by atoms with Gasteiger partial charge in [-0.15, -0.1) is 6.58 Å². The molecular formula is C8H14INO2. The minimum absolute atomic E-state index is 0.119. The van der Waals surface area contributed by atoms with Gasteiger partial charge in [0, 0.05) is 10.3 Å². The predicted octanol–water partition coefficient (Wildman–Crippen LogP) is 2.24. The second-order valence-corrected chi connectivity index (χ2v) is 4.73. The molecule has 0 bridgehead atoms. The van der Waals surface area contributed by atoms with E-state index in [1.54, 1.807) is 6.08 Å². The molecule has 0 heterocycles. The Kier molecular flexibility index (Phi) is 6.14. The van der Waals surface area contributed by atoms with Gasteiger partial charge >= 0.3 is 6.09 Å². The molecule has 0 spiro atoms. The summed E-state index contributed by atoms with van der Waals surface area (Å²) in [6.45, 7) is 5.64. The van der Waals surface area contributed by atoms with Crippen molar-refractivity contribution in [3.05, 3.63) is 12.7 Å². The summed E-state index contributed by atoms with van der Waals surface area (Å²) >= 11 is 2.28. The molecule has 4 heteroatoms. The Bertz CT molecular complexity index is 159. The summed E-state index contributed by atoms with van der Waals surface area (Å²) in [4.78, 5) is 10.4. The number of hydrogen-bond donors (Lipinski definition) is 1. The van der Waals surface area contributed by atoms with Gasteiger partial charge in [-0.2, -0.15) is 0 Å². The minimum Gasteiger partial charge on any atom is -0.446 e. The maximum Gasteiger partial charge on any atom is 0.404 e. The van der Waals surface area contributed by atoms with Crippen molar-refractivity contribution in [2.45, 2.75) is 29.8 Å². The number of ether oxygens (including phenoxy) is 1. The van der Waals surface area contributed by atoms with E-state index in [0.29, 0.717) is 10.3 Å². The largest absolute Gasteiger partial charge is 0.446 e. The molecule has 2 atom stereocenters. The molecule has 0 aromatic carbocycles. The van der Waals surface area contributed by atoms with Crippen molar-refractivity contribution >= 4 is 28.7 Å². The van der Waals surface area contributed by atoms with E-state index < -0.39 is 6.09 Å². The van der Waals surface area contributed by atoms with Crippen LogP contribution in [0.2, 0.25) is 0 Å². The molecule has 0 aliphatic heterocycles. The molecule has 2 unspecified atom stereocenters. The van der Waals surface area contributed by atoms with Crippen LogP contribution in [0.15, 0.2) is 12.7 Å².